The summed E-state index contributed by atoms with van der Waals surface area (Å²) in [6, 6.07) is 4.77. The van der Waals surface area contributed by atoms with Gasteiger partial charge in [-0.1, -0.05) is 6.07 Å². The van der Waals surface area contributed by atoms with Crippen LogP contribution in [0.3, 0.4) is 0 Å². The van der Waals surface area contributed by atoms with Crippen LogP contribution < -0.4 is 16.0 Å². The zero-order valence-corrected chi connectivity index (χ0v) is 13.8. The van der Waals surface area contributed by atoms with E-state index in [1.165, 1.54) is 11.1 Å². The molecule has 0 amide bonds. The summed E-state index contributed by atoms with van der Waals surface area (Å²) in [5.74, 6) is 6.84. The molecule has 2 rings (SSSR count). The van der Waals surface area contributed by atoms with E-state index in [0.29, 0.717) is 6.04 Å². The molecule has 118 valence electrons. The second-order valence-electron chi connectivity index (χ2n) is 6.13. The van der Waals surface area contributed by atoms with Gasteiger partial charge < -0.3 is 9.64 Å². The van der Waals surface area contributed by atoms with Gasteiger partial charge in [-0.15, -0.1) is 0 Å². The summed E-state index contributed by atoms with van der Waals surface area (Å²) in [6.07, 6.45) is 0. The van der Waals surface area contributed by atoms with Crippen molar-refractivity contribution in [2.45, 2.75) is 25.9 Å². The van der Waals surface area contributed by atoms with Crippen LogP contribution in [0, 0.1) is 13.8 Å². The van der Waals surface area contributed by atoms with Gasteiger partial charge in [-0.2, -0.15) is 0 Å². The smallest absolute Gasteiger partial charge is 0.122 e. The molecule has 1 fully saturated rings. The number of methoxy groups -OCH3 is 1. The number of hydrazine groups is 1. The molecule has 2 unspecified atom stereocenters. The molecule has 0 aromatic heterocycles. The maximum atomic E-state index is 5.91. The highest BCUT2D eigenvalue weighted by Crippen LogP contribution is 2.30. The predicted molar refractivity (Wildman–Crippen MR) is 86.4 cm³/mol. The van der Waals surface area contributed by atoms with Crippen LogP contribution in [0.5, 0.6) is 5.75 Å². The second-order valence-corrected chi connectivity index (χ2v) is 6.13. The molecule has 1 aromatic carbocycles. The molecule has 5 nitrogen and oxygen atoms in total. The second kappa shape index (κ2) is 6.75. The number of aryl methyl sites for hydroxylation is 2. The Bertz CT molecular complexity index is 491. The number of nitrogens with zero attached hydrogens (tertiary/aromatic N) is 2. The largest absolute Gasteiger partial charge is 0.496 e. The Morgan fingerprint density at radius 1 is 1.24 bits per heavy atom. The Hall–Kier alpha value is -1.14. The number of hydrogen-bond donors (Lipinski definition) is 2. The van der Waals surface area contributed by atoms with Crippen molar-refractivity contribution < 1.29 is 4.74 Å². The van der Waals surface area contributed by atoms with Gasteiger partial charge in [-0.3, -0.25) is 16.2 Å². The zero-order chi connectivity index (χ0) is 15.6. The number of ether oxygens (including phenoxy) is 1. The number of likely N-dealkylation sites (N-methyl/N-ethyl adjacent to an activating group) is 2. The van der Waals surface area contributed by atoms with Crippen LogP contribution in [-0.2, 0) is 0 Å². The van der Waals surface area contributed by atoms with Crippen LogP contribution >= 0.6 is 0 Å². The first kappa shape index (κ1) is 16.2. The van der Waals surface area contributed by atoms with Crippen molar-refractivity contribution in [3.63, 3.8) is 0 Å². The molecular formula is C16H28N4O. The number of nitrogens with two attached hydrogens (primary N) is 1. The number of hydrogen-bond acceptors (Lipinski definition) is 5. The molecule has 0 radical (unpaired) electrons. The van der Waals surface area contributed by atoms with E-state index < -0.39 is 0 Å². The van der Waals surface area contributed by atoms with E-state index in [2.05, 4.69) is 55.3 Å². The van der Waals surface area contributed by atoms with Gasteiger partial charge in [-0.25, -0.2) is 0 Å². The Morgan fingerprint density at radius 2 is 1.95 bits per heavy atom. The van der Waals surface area contributed by atoms with Gasteiger partial charge in [0.05, 0.1) is 13.2 Å². The molecule has 21 heavy (non-hydrogen) atoms. The van der Waals surface area contributed by atoms with Crippen molar-refractivity contribution in [1.82, 2.24) is 15.2 Å². The van der Waals surface area contributed by atoms with E-state index in [4.69, 9.17) is 10.6 Å². The molecule has 0 aliphatic carbocycles. The van der Waals surface area contributed by atoms with Crippen molar-refractivity contribution in [2.24, 2.45) is 5.84 Å². The summed E-state index contributed by atoms with van der Waals surface area (Å²) in [5.41, 5.74) is 6.64. The van der Waals surface area contributed by atoms with Gasteiger partial charge in [0.1, 0.15) is 5.75 Å². The highest BCUT2D eigenvalue weighted by atomic mass is 16.5. The first-order valence-corrected chi connectivity index (χ1v) is 7.48. The fourth-order valence-electron chi connectivity index (χ4n) is 3.18. The van der Waals surface area contributed by atoms with E-state index in [-0.39, 0.29) is 6.04 Å². The lowest BCUT2D eigenvalue weighted by Crippen LogP contribution is -2.56. The summed E-state index contributed by atoms with van der Waals surface area (Å²) >= 11 is 0. The van der Waals surface area contributed by atoms with Gasteiger partial charge in [0.2, 0.25) is 0 Å². The standard InChI is InChI=1S/C16H28N4O/c1-11-9-15(21-5)12(2)8-13(11)16(18-17)14-10-19(3)6-7-20(14)4/h8-9,14,16,18H,6-7,10,17H2,1-5H3. The Balaban J connectivity index is 2.34. The lowest BCUT2D eigenvalue weighted by molar-refractivity contribution is 0.0875. The lowest BCUT2D eigenvalue weighted by Gasteiger charge is -2.42. The fourth-order valence-corrected chi connectivity index (χ4v) is 3.18. The van der Waals surface area contributed by atoms with Gasteiger partial charge >= 0.3 is 0 Å². The molecule has 1 saturated heterocycles. The Morgan fingerprint density at radius 3 is 2.57 bits per heavy atom. The number of nitrogens with one attached hydrogen (secondary N) is 1. The monoisotopic (exact) mass is 292 g/mol. The first-order chi connectivity index (χ1) is 9.97. The van der Waals surface area contributed by atoms with E-state index in [1.54, 1.807) is 7.11 Å². The van der Waals surface area contributed by atoms with Gasteiger partial charge in [-0.05, 0) is 50.7 Å². The molecule has 3 N–H and O–H groups in total. The maximum absolute atomic E-state index is 5.91. The molecule has 0 bridgehead atoms. The molecule has 1 aliphatic rings. The van der Waals surface area contributed by atoms with Crippen molar-refractivity contribution in [3.05, 3.63) is 28.8 Å². The molecule has 0 saturated carbocycles. The zero-order valence-electron chi connectivity index (χ0n) is 13.8. The highest BCUT2D eigenvalue weighted by Gasteiger charge is 2.31. The third kappa shape index (κ3) is 3.37. The van der Waals surface area contributed by atoms with E-state index in [1.807, 2.05) is 0 Å². The quantitative estimate of drug-likeness (QED) is 0.642. The summed E-state index contributed by atoms with van der Waals surface area (Å²) in [5, 5.41) is 0. The predicted octanol–water partition coefficient (Wildman–Crippen LogP) is 1.06. The van der Waals surface area contributed by atoms with Crippen molar-refractivity contribution >= 4 is 0 Å². The average molecular weight is 292 g/mol. The number of piperazine rings is 1. The molecule has 1 aromatic rings. The lowest BCUT2D eigenvalue weighted by atomic mass is 9.92. The van der Waals surface area contributed by atoms with Crippen LogP contribution in [-0.4, -0.2) is 56.7 Å². The Kier molecular flexibility index (Phi) is 5.22. The summed E-state index contributed by atoms with van der Waals surface area (Å²) in [4.78, 5) is 4.75. The number of rotatable bonds is 4. The number of benzene rings is 1. The summed E-state index contributed by atoms with van der Waals surface area (Å²) in [6.45, 7) is 7.37. The highest BCUT2D eigenvalue weighted by molar-refractivity contribution is 5.43. The van der Waals surface area contributed by atoms with Gasteiger partial charge in [0, 0.05) is 25.7 Å². The van der Waals surface area contributed by atoms with Crippen molar-refractivity contribution in [1.29, 1.82) is 0 Å². The summed E-state index contributed by atoms with van der Waals surface area (Å²) < 4.78 is 5.41. The third-order valence-corrected chi connectivity index (χ3v) is 4.58. The van der Waals surface area contributed by atoms with E-state index in [0.717, 1.165) is 30.9 Å². The average Bonchev–Trinajstić information content (AvgIpc) is 2.46. The molecule has 0 spiro atoms. The van der Waals surface area contributed by atoms with Crippen LogP contribution in [0.25, 0.3) is 0 Å². The molecular weight excluding hydrogens is 264 g/mol. The van der Waals surface area contributed by atoms with Crippen molar-refractivity contribution in [2.75, 3.05) is 40.8 Å². The fraction of sp³-hybridized carbons (Fsp3) is 0.625. The first-order valence-electron chi connectivity index (χ1n) is 7.48. The molecule has 1 aliphatic heterocycles. The molecule has 1 heterocycles. The summed E-state index contributed by atoms with van der Waals surface area (Å²) in [7, 11) is 6.05. The topological polar surface area (TPSA) is 53.8 Å². The van der Waals surface area contributed by atoms with Crippen LogP contribution in [0.4, 0.5) is 0 Å². The SMILES string of the molecule is COc1cc(C)c(C(NN)C2CN(C)CCN2C)cc1C. The molecule has 2 atom stereocenters. The Labute approximate surface area is 128 Å². The van der Waals surface area contributed by atoms with Crippen LogP contribution in [0.15, 0.2) is 12.1 Å². The maximum Gasteiger partial charge on any atom is 0.122 e. The normalized spacial score (nSPS) is 22.3. The van der Waals surface area contributed by atoms with Gasteiger partial charge in [0.25, 0.3) is 0 Å². The third-order valence-electron chi connectivity index (χ3n) is 4.58. The van der Waals surface area contributed by atoms with E-state index in [9.17, 15) is 0 Å². The van der Waals surface area contributed by atoms with E-state index >= 15 is 0 Å². The van der Waals surface area contributed by atoms with Gasteiger partial charge in [0.15, 0.2) is 0 Å². The minimum atomic E-state index is 0.113. The van der Waals surface area contributed by atoms with Crippen LogP contribution in [0.2, 0.25) is 0 Å². The minimum Gasteiger partial charge on any atom is -0.496 e. The molecule has 5 heteroatoms. The van der Waals surface area contributed by atoms with Crippen LogP contribution in [0.1, 0.15) is 22.7 Å². The minimum absolute atomic E-state index is 0.113. The van der Waals surface area contributed by atoms with Crippen molar-refractivity contribution in [3.8, 4) is 5.75 Å².